The van der Waals surface area contributed by atoms with E-state index in [1.165, 1.54) is 0 Å². The van der Waals surface area contributed by atoms with Crippen molar-refractivity contribution in [2.45, 2.75) is 65.7 Å². The number of aliphatic hydroxyl groups is 6. The minimum atomic E-state index is -4.10. The highest BCUT2D eigenvalue weighted by Gasteiger charge is 2.74. The first-order valence-corrected chi connectivity index (χ1v) is 19.6. The number of hydrogen-bond acceptors (Lipinski definition) is 28. The number of rotatable bonds is 2. The van der Waals surface area contributed by atoms with Crippen LogP contribution in [0.5, 0.6) is 51.7 Å². The van der Waals surface area contributed by atoms with Crippen LogP contribution in [-0.4, -0.2) is 168 Å². The van der Waals surface area contributed by atoms with Crippen LogP contribution in [0.3, 0.4) is 0 Å². The maximum Gasteiger partial charge on any atom is 0.374 e. The number of ketones is 2. The summed E-state index contributed by atoms with van der Waals surface area (Å²) < 4.78 is 43.4. The molecular formula is C41H28O28. The molecule has 8 bridgehead atoms. The van der Waals surface area contributed by atoms with E-state index >= 15 is 0 Å². The third kappa shape index (κ3) is 5.78. The lowest BCUT2D eigenvalue weighted by molar-refractivity contribution is -0.339. The molecule has 5 aliphatic heterocycles. The van der Waals surface area contributed by atoms with Crippen molar-refractivity contribution in [3.8, 4) is 51.7 Å². The van der Waals surface area contributed by atoms with E-state index in [4.69, 9.17) is 37.9 Å². The van der Waals surface area contributed by atoms with Crippen LogP contribution in [0.1, 0.15) is 54.0 Å². The molecule has 3 aromatic rings. The van der Waals surface area contributed by atoms with Crippen LogP contribution in [0.25, 0.3) is 0 Å². The van der Waals surface area contributed by atoms with Crippen LogP contribution < -0.4 is 9.47 Å². The maximum atomic E-state index is 14.6. The molecule has 0 spiro atoms. The molecule has 7 aliphatic rings. The Hall–Kier alpha value is -8.25. The molecule has 10 rings (SSSR count). The van der Waals surface area contributed by atoms with Gasteiger partial charge in [-0.25, -0.2) is 24.0 Å². The maximum absolute atomic E-state index is 14.6. The lowest BCUT2D eigenvalue weighted by Gasteiger charge is -2.51. The quantitative estimate of drug-likeness (QED) is 0.0506. The molecule has 1 fully saturated rings. The van der Waals surface area contributed by atoms with Gasteiger partial charge in [0.1, 0.15) is 12.7 Å². The fraction of sp³-hybridized carbons (Fsp3) is 0.293. The van der Waals surface area contributed by atoms with Crippen LogP contribution in [0.2, 0.25) is 0 Å². The Morgan fingerprint density at radius 2 is 1.07 bits per heavy atom. The van der Waals surface area contributed by atoms with Gasteiger partial charge < -0.3 is 104 Å². The van der Waals surface area contributed by atoms with Crippen LogP contribution in [0, 0.1) is 0 Å². The predicted molar refractivity (Wildman–Crippen MR) is 201 cm³/mol. The fourth-order valence-electron chi connectivity index (χ4n) is 9.14. The average Bonchev–Trinajstić information content (AvgIpc) is 3.27. The molecule has 0 radical (unpaired) electrons. The molecule has 28 heteroatoms. The standard InChI is InChI=1S/C41H28O28/c42-13-1-8(2-14(43)24(13)48)32(51)69-41-19(47)6-11-23(39(41,59)60)21-10(4-16(45)26(50)29(21)68-41)34(53)65-30-27-17(7-62-33(11)52)63-37(56)31(30)66-35(54)9-3-15(44)25(49)28-20(9)22-12(36(55)64-27)5-18(46)40(61,67-28)38(22,57)58/h1-6,17,22-23,27,30-31,37,42-45,48-50,56-61H,7H2/t17-,22+,23+,27+,30-,31+,37-,40+,41-/m1/s1. The molecule has 13 N–H and O–H groups in total. The van der Waals surface area contributed by atoms with Gasteiger partial charge in [0.15, 0.2) is 64.8 Å². The van der Waals surface area contributed by atoms with Crippen molar-refractivity contribution in [1.29, 1.82) is 0 Å². The normalized spacial score (nSPS) is 31.2. The number of carbonyl (C=O) groups excluding carboxylic acids is 7. The summed E-state index contributed by atoms with van der Waals surface area (Å²) in [6.45, 7) is -1.29. The number of carbonyl (C=O) groups is 7. The number of fused-ring (bicyclic) bond motifs is 2. The summed E-state index contributed by atoms with van der Waals surface area (Å²) in [4.78, 5) is 98.2. The zero-order chi connectivity index (χ0) is 49.9. The summed E-state index contributed by atoms with van der Waals surface area (Å²) >= 11 is 0. The van der Waals surface area contributed by atoms with E-state index in [1.807, 2.05) is 0 Å². The summed E-state index contributed by atoms with van der Waals surface area (Å²) in [5, 5.41) is 142. The number of hydrogen-bond donors (Lipinski definition) is 13. The molecule has 1 saturated heterocycles. The molecule has 0 saturated carbocycles. The Labute approximate surface area is 378 Å². The van der Waals surface area contributed by atoms with Gasteiger partial charge in [-0.05, 0) is 30.3 Å². The molecule has 5 heterocycles. The highest BCUT2D eigenvalue weighted by Crippen LogP contribution is 2.61. The number of aromatic hydroxyl groups is 7. The van der Waals surface area contributed by atoms with Gasteiger partial charge in [-0.15, -0.1) is 0 Å². The third-order valence-electron chi connectivity index (χ3n) is 12.4. The summed E-state index contributed by atoms with van der Waals surface area (Å²) in [6.07, 6.45) is -11.4. The first-order chi connectivity index (χ1) is 32.2. The van der Waals surface area contributed by atoms with Gasteiger partial charge in [-0.3, -0.25) is 9.59 Å². The molecular weight excluding hydrogens is 940 g/mol. The van der Waals surface area contributed by atoms with Crippen molar-refractivity contribution in [2.24, 2.45) is 0 Å². The van der Waals surface area contributed by atoms with Gasteiger partial charge in [0.05, 0.1) is 39.7 Å². The van der Waals surface area contributed by atoms with Crippen molar-refractivity contribution in [2.75, 3.05) is 6.61 Å². The van der Waals surface area contributed by atoms with E-state index in [9.17, 15) is 99.9 Å². The second-order valence-electron chi connectivity index (χ2n) is 16.3. The molecule has 69 heavy (non-hydrogen) atoms. The number of aliphatic hydroxyl groups excluding tert-OH is 1. The van der Waals surface area contributed by atoms with E-state index in [-0.39, 0.29) is 12.2 Å². The van der Waals surface area contributed by atoms with E-state index < -0.39 is 204 Å². The van der Waals surface area contributed by atoms with Gasteiger partial charge >= 0.3 is 41.4 Å². The number of cyclic esters (lactones) is 1. The van der Waals surface area contributed by atoms with Crippen LogP contribution in [-0.2, 0) is 47.6 Å². The van der Waals surface area contributed by atoms with Gasteiger partial charge in [0, 0.05) is 17.2 Å². The van der Waals surface area contributed by atoms with Crippen molar-refractivity contribution < 1.29 is 138 Å². The SMILES string of the molecule is O=C1OC[C@H]2O[C@@H](O)[C@H]3OC(=O)c4cc(O)c(O)c5c4[C@@H]4C(=CC(=O)[C@](O)(O5)C4(O)O)C(=O)O[C@@H]2[C@H]3OC(=O)c2cc(O)c(O)c3c2[C@@H]2C1=CC(=O)[C@](OC(=O)c1cc(O)c(O)c(O)c1)(O3)C2(O)O. The lowest BCUT2D eigenvalue weighted by Crippen LogP contribution is -2.72. The van der Waals surface area contributed by atoms with Gasteiger partial charge in [0.25, 0.3) is 11.6 Å². The smallest absolute Gasteiger partial charge is 0.374 e. The first kappa shape index (κ1) is 44.6. The topological polar surface area (TPSA) is 456 Å². The second-order valence-corrected chi connectivity index (χ2v) is 16.3. The Morgan fingerprint density at radius 3 is 1.67 bits per heavy atom. The van der Waals surface area contributed by atoms with Gasteiger partial charge in [0.2, 0.25) is 23.1 Å². The third-order valence-corrected chi connectivity index (χ3v) is 12.4. The van der Waals surface area contributed by atoms with E-state index in [0.717, 1.165) is 0 Å². The van der Waals surface area contributed by atoms with E-state index in [2.05, 4.69) is 0 Å². The largest absolute Gasteiger partial charge is 0.504 e. The summed E-state index contributed by atoms with van der Waals surface area (Å²) in [7, 11) is 0. The second kappa shape index (κ2) is 14.1. The lowest BCUT2D eigenvalue weighted by atomic mass is 9.70. The van der Waals surface area contributed by atoms with Crippen molar-refractivity contribution >= 4 is 41.4 Å². The predicted octanol–water partition coefficient (Wildman–Crippen LogP) is -3.85. The summed E-state index contributed by atoms with van der Waals surface area (Å²) in [6, 6.07) is 1.79. The summed E-state index contributed by atoms with van der Waals surface area (Å²) in [5.74, 6) is -44.6. The van der Waals surface area contributed by atoms with Crippen molar-refractivity contribution in [3.63, 3.8) is 0 Å². The van der Waals surface area contributed by atoms with Crippen molar-refractivity contribution in [1.82, 2.24) is 0 Å². The monoisotopic (exact) mass is 968 g/mol. The van der Waals surface area contributed by atoms with E-state index in [1.54, 1.807) is 0 Å². The minimum absolute atomic E-state index is 0.269. The van der Waals surface area contributed by atoms with Gasteiger partial charge in [-0.2, -0.15) is 0 Å². The Balaban J connectivity index is 1.14. The number of ether oxygens (including phenoxy) is 8. The minimum Gasteiger partial charge on any atom is -0.504 e. The van der Waals surface area contributed by atoms with Gasteiger partial charge in [-0.1, -0.05) is 0 Å². The molecule has 0 unspecified atom stereocenters. The Kier molecular flexibility index (Phi) is 9.14. The number of esters is 5. The molecule has 0 amide bonds. The Morgan fingerprint density at radius 1 is 0.580 bits per heavy atom. The number of phenols is 7. The molecule has 28 nitrogen and oxygen atoms in total. The van der Waals surface area contributed by atoms with Crippen molar-refractivity contribution in [3.05, 3.63) is 75.4 Å². The molecule has 3 aromatic carbocycles. The Bertz CT molecular complexity index is 3010. The molecule has 0 aromatic heterocycles. The summed E-state index contributed by atoms with van der Waals surface area (Å²) in [5.41, 5.74) is -7.37. The highest BCUT2D eigenvalue weighted by atomic mass is 16.8. The molecule has 2 aliphatic carbocycles. The zero-order valence-electron chi connectivity index (χ0n) is 33.7. The van der Waals surface area contributed by atoms with Crippen LogP contribution in [0.15, 0.2) is 47.6 Å². The first-order valence-electron chi connectivity index (χ1n) is 19.6. The number of benzene rings is 3. The average molecular weight is 969 g/mol. The zero-order valence-corrected chi connectivity index (χ0v) is 33.7. The molecule has 360 valence electrons. The molecule has 9 atom stereocenters. The van der Waals surface area contributed by atoms with E-state index in [0.29, 0.717) is 24.3 Å². The fourth-order valence-corrected chi connectivity index (χ4v) is 9.14. The highest BCUT2D eigenvalue weighted by molar-refractivity contribution is 6.11. The van der Waals surface area contributed by atoms with Crippen LogP contribution >= 0.6 is 0 Å². The number of phenolic OH excluding ortho intramolecular Hbond substituents is 7. The van der Waals surface area contributed by atoms with Crippen LogP contribution in [0.4, 0.5) is 0 Å².